The van der Waals surface area contributed by atoms with Gasteiger partial charge in [-0.25, -0.2) is 13.1 Å². The Morgan fingerprint density at radius 3 is 2.27 bits per heavy atom. The van der Waals surface area contributed by atoms with E-state index in [2.05, 4.69) is 4.72 Å². The largest absolute Gasteiger partial charge is 0.481 e. The zero-order valence-corrected chi connectivity index (χ0v) is 15.7. The van der Waals surface area contributed by atoms with Crippen LogP contribution in [0.1, 0.15) is 49.3 Å². The Bertz CT molecular complexity index is 801. The topological polar surface area (TPSA) is 83.5 Å². The summed E-state index contributed by atoms with van der Waals surface area (Å²) in [6.07, 6.45) is 2.87. The van der Waals surface area contributed by atoms with E-state index in [9.17, 15) is 13.2 Å². The van der Waals surface area contributed by atoms with Gasteiger partial charge in [-0.3, -0.25) is 4.79 Å². The molecule has 1 unspecified atom stereocenters. The summed E-state index contributed by atoms with van der Waals surface area (Å²) in [5.41, 5.74) is 1.91. The van der Waals surface area contributed by atoms with E-state index in [1.54, 1.807) is 24.3 Å². The van der Waals surface area contributed by atoms with Gasteiger partial charge in [0.1, 0.15) is 0 Å². The number of carboxylic acids is 1. The van der Waals surface area contributed by atoms with Crippen molar-refractivity contribution in [2.24, 2.45) is 0 Å². The van der Waals surface area contributed by atoms with Crippen molar-refractivity contribution in [1.29, 1.82) is 0 Å². The number of nitrogens with one attached hydrogen (secondary N) is 1. The van der Waals surface area contributed by atoms with Gasteiger partial charge in [0, 0.05) is 12.5 Å². The van der Waals surface area contributed by atoms with Gasteiger partial charge in [0.25, 0.3) is 0 Å². The molecule has 0 bridgehead atoms. The number of unbranched alkanes of at least 4 members (excludes halogenated alkanes) is 2. The van der Waals surface area contributed by atoms with Gasteiger partial charge in [-0.05, 0) is 37.5 Å². The van der Waals surface area contributed by atoms with Crippen LogP contribution in [0.3, 0.4) is 0 Å². The second-order valence-electron chi connectivity index (χ2n) is 6.39. The third-order valence-electron chi connectivity index (χ3n) is 4.21. The Hall–Kier alpha value is -2.18. The van der Waals surface area contributed by atoms with Crippen LogP contribution >= 0.6 is 0 Å². The molecular formula is C20H25NO4S. The normalized spacial score (nSPS) is 12.7. The number of benzene rings is 2. The van der Waals surface area contributed by atoms with E-state index in [0.717, 1.165) is 24.0 Å². The Balaban J connectivity index is 2.08. The first kappa shape index (κ1) is 20.1. The van der Waals surface area contributed by atoms with E-state index in [0.29, 0.717) is 12.8 Å². The average Bonchev–Trinajstić information content (AvgIpc) is 2.61. The molecule has 0 fully saturated rings. The van der Waals surface area contributed by atoms with Gasteiger partial charge < -0.3 is 5.11 Å². The van der Waals surface area contributed by atoms with Crippen molar-refractivity contribution in [3.63, 3.8) is 0 Å². The molecule has 2 aromatic carbocycles. The van der Waals surface area contributed by atoms with Crippen LogP contribution in [0, 0.1) is 6.92 Å². The van der Waals surface area contributed by atoms with E-state index < -0.39 is 16.0 Å². The summed E-state index contributed by atoms with van der Waals surface area (Å²) in [4.78, 5) is 10.8. The molecule has 0 amide bonds. The summed E-state index contributed by atoms with van der Waals surface area (Å²) in [7, 11) is -3.62. The van der Waals surface area contributed by atoms with Crippen molar-refractivity contribution in [3.05, 3.63) is 65.7 Å². The summed E-state index contributed by atoms with van der Waals surface area (Å²) in [6.45, 7) is 1.91. The summed E-state index contributed by atoms with van der Waals surface area (Å²) < 4.78 is 28.2. The first-order chi connectivity index (χ1) is 12.4. The summed E-state index contributed by atoms with van der Waals surface area (Å²) in [5, 5.41) is 8.71. The SMILES string of the molecule is Cc1ccc(S(=O)(=O)NC(CCCCCC(=O)O)c2ccccc2)cc1. The molecule has 0 spiro atoms. The summed E-state index contributed by atoms with van der Waals surface area (Å²) >= 11 is 0. The fraction of sp³-hybridized carbons (Fsp3) is 0.350. The lowest BCUT2D eigenvalue weighted by atomic mass is 10.0. The van der Waals surface area contributed by atoms with Crippen LogP contribution in [0.15, 0.2) is 59.5 Å². The van der Waals surface area contributed by atoms with E-state index in [4.69, 9.17) is 5.11 Å². The first-order valence-electron chi connectivity index (χ1n) is 8.74. The van der Waals surface area contributed by atoms with Gasteiger partial charge in [0.05, 0.1) is 4.90 Å². The maximum atomic E-state index is 12.7. The fourth-order valence-electron chi connectivity index (χ4n) is 2.75. The highest BCUT2D eigenvalue weighted by Crippen LogP contribution is 2.23. The second-order valence-corrected chi connectivity index (χ2v) is 8.10. The highest BCUT2D eigenvalue weighted by atomic mass is 32.2. The van der Waals surface area contributed by atoms with E-state index in [1.807, 2.05) is 37.3 Å². The number of aliphatic carboxylic acids is 1. The maximum Gasteiger partial charge on any atom is 0.303 e. The zero-order chi connectivity index (χ0) is 19.0. The molecule has 0 saturated heterocycles. The molecule has 0 aliphatic carbocycles. The van der Waals surface area contributed by atoms with Crippen LogP contribution < -0.4 is 4.72 Å². The molecule has 2 aromatic rings. The predicted octanol–water partition coefficient (Wildman–Crippen LogP) is 4.05. The van der Waals surface area contributed by atoms with Crippen molar-refractivity contribution in [2.75, 3.05) is 0 Å². The van der Waals surface area contributed by atoms with Gasteiger partial charge in [-0.1, -0.05) is 60.9 Å². The highest BCUT2D eigenvalue weighted by molar-refractivity contribution is 7.89. The molecular weight excluding hydrogens is 350 g/mol. The number of hydrogen-bond donors (Lipinski definition) is 2. The minimum Gasteiger partial charge on any atom is -0.481 e. The molecule has 0 aliphatic heterocycles. The van der Waals surface area contributed by atoms with Crippen molar-refractivity contribution in [2.45, 2.75) is 50.0 Å². The van der Waals surface area contributed by atoms with Crippen molar-refractivity contribution < 1.29 is 18.3 Å². The fourth-order valence-corrected chi connectivity index (χ4v) is 4.01. The van der Waals surface area contributed by atoms with Crippen molar-refractivity contribution in [1.82, 2.24) is 4.72 Å². The standard InChI is InChI=1S/C20H25NO4S/c1-16-12-14-18(15-13-16)26(24,25)21-19(17-8-4-2-5-9-17)10-6-3-7-11-20(22)23/h2,4-5,8-9,12-15,19,21H,3,6-7,10-11H2,1H3,(H,22,23). The van der Waals surface area contributed by atoms with Crippen molar-refractivity contribution >= 4 is 16.0 Å². The van der Waals surface area contributed by atoms with Crippen LogP contribution in [0.25, 0.3) is 0 Å². The molecule has 26 heavy (non-hydrogen) atoms. The second kappa shape index (κ2) is 9.50. The predicted molar refractivity (Wildman–Crippen MR) is 101 cm³/mol. The Morgan fingerprint density at radius 2 is 1.65 bits per heavy atom. The third-order valence-corrected chi connectivity index (χ3v) is 5.70. The monoisotopic (exact) mass is 375 g/mol. The van der Waals surface area contributed by atoms with Gasteiger partial charge in [0.2, 0.25) is 10.0 Å². The molecule has 0 heterocycles. The number of carboxylic acid groups (broad SMARTS) is 1. The average molecular weight is 375 g/mol. The maximum absolute atomic E-state index is 12.7. The summed E-state index contributed by atoms with van der Waals surface area (Å²) in [5.74, 6) is -0.801. The van der Waals surface area contributed by atoms with E-state index in [1.165, 1.54) is 0 Å². The molecule has 5 nitrogen and oxygen atoms in total. The number of carbonyl (C=O) groups is 1. The third kappa shape index (κ3) is 6.28. The first-order valence-corrected chi connectivity index (χ1v) is 10.2. The van der Waals surface area contributed by atoms with E-state index >= 15 is 0 Å². The molecule has 140 valence electrons. The van der Waals surface area contributed by atoms with Gasteiger partial charge in [0.15, 0.2) is 0 Å². The quantitative estimate of drug-likeness (QED) is 0.614. The van der Waals surface area contributed by atoms with E-state index in [-0.39, 0.29) is 17.4 Å². The van der Waals surface area contributed by atoms with Crippen LogP contribution in [0.4, 0.5) is 0 Å². The Kier molecular flexibility index (Phi) is 7.36. The van der Waals surface area contributed by atoms with Gasteiger partial charge in [-0.15, -0.1) is 0 Å². The van der Waals surface area contributed by atoms with Crippen LogP contribution in [0.5, 0.6) is 0 Å². The van der Waals surface area contributed by atoms with Crippen LogP contribution in [-0.2, 0) is 14.8 Å². The Morgan fingerprint density at radius 1 is 1.00 bits per heavy atom. The van der Waals surface area contributed by atoms with Gasteiger partial charge >= 0.3 is 5.97 Å². The van der Waals surface area contributed by atoms with Gasteiger partial charge in [-0.2, -0.15) is 0 Å². The number of sulfonamides is 1. The van der Waals surface area contributed by atoms with Crippen molar-refractivity contribution in [3.8, 4) is 0 Å². The van der Waals surface area contributed by atoms with Crippen LogP contribution in [-0.4, -0.2) is 19.5 Å². The molecule has 2 rings (SSSR count). The smallest absolute Gasteiger partial charge is 0.303 e. The number of aryl methyl sites for hydroxylation is 1. The molecule has 1 atom stereocenters. The molecule has 0 aromatic heterocycles. The lowest BCUT2D eigenvalue weighted by molar-refractivity contribution is -0.137. The van der Waals surface area contributed by atoms with Crippen LogP contribution in [0.2, 0.25) is 0 Å². The minimum atomic E-state index is -3.62. The lowest BCUT2D eigenvalue weighted by Gasteiger charge is -2.19. The zero-order valence-electron chi connectivity index (χ0n) is 14.9. The highest BCUT2D eigenvalue weighted by Gasteiger charge is 2.21. The molecule has 0 radical (unpaired) electrons. The minimum absolute atomic E-state index is 0.144. The number of hydrogen-bond acceptors (Lipinski definition) is 3. The lowest BCUT2D eigenvalue weighted by Crippen LogP contribution is -2.28. The molecule has 0 aliphatic rings. The molecule has 0 saturated carbocycles. The summed E-state index contributed by atoms with van der Waals surface area (Å²) in [6, 6.07) is 15.9. The number of rotatable bonds is 10. The molecule has 2 N–H and O–H groups in total. The molecule has 6 heteroatoms. The Labute approximate surface area is 155 Å².